The summed E-state index contributed by atoms with van der Waals surface area (Å²) in [7, 11) is 0. The molecule has 0 spiro atoms. The average Bonchev–Trinajstić information content (AvgIpc) is 1.80. The van der Waals surface area contributed by atoms with Gasteiger partial charge in [-0.25, -0.2) is 0 Å². The molecule has 0 aromatic carbocycles. The molecule has 0 unspecified atom stereocenters. The predicted molar refractivity (Wildman–Crippen MR) is 55.3 cm³/mol. The van der Waals surface area contributed by atoms with Gasteiger partial charge in [-0.1, -0.05) is 40.5 Å². The van der Waals surface area contributed by atoms with Crippen LogP contribution in [0.2, 0.25) is 0 Å². The highest BCUT2D eigenvalue weighted by Crippen LogP contribution is 2.51. The van der Waals surface area contributed by atoms with Crippen LogP contribution in [0.25, 0.3) is 0 Å². The van der Waals surface area contributed by atoms with Gasteiger partial charge in [0.15, 0.2) is 0 Å². The lowest BCUT2D eigenvalue weighted by Gasteiger charge is -2.46. The Hall–Kier alpha value is 0. The van der Waals surface area contributed by atoms with Gasteiger partial charge < -0.3 is 0 Å². The van der Waals surface area contributed by atoms with E-state index in [1.807, 2.05) is 0 Å². The molecule has 0 aromatic rings. The van der Waals surface area contributed by atoms with Crippen molar-refractivity contribution in [2.24, 2.45) is 10.8 Å². The Morgan fingerprint density at radius 1 is 1.17 bits per heavy atom. The van der Waals surface area contributed by atoms with E-state index in [1.165, 1.54) is 38.5 Å². The quantitative estimate of drug-likeness (QED) is 0.586. The van der Waals surface area contributed by atoms with Crippen LogP contribution in [0, 0.1) is 10.8 Å². The molecule has 0 bridgehead atoms. The van der Waals surface area contributed by atoms with Crippen molar-refractivity contribution in [3.63, 3.8) is 0 Å². The number of hydrogen-bond acceptors (Lipinski definition) is 0. The van der Waals surface area contributed by atoms with E-state index in [9.17, 15) is 0 Å². The topological polar surface area (TPSA) is 0 Å². The second-order valence-corrected chi connectivity index (χ2v) is 5.84. The van der Waals surface area contributed by atoms with Gasteiger partial charge in [0.2, 0.25) is 0 Å². The van der Waals surface area contributed by atoms with Crippen LogP contribution >= 0.6 is 0 Å². The van der Waals surface area contributed by atoms with Crippen LogP contribution in [0.15, 0.2) is 0 Å². The molecular formula is C12H24. The summed E-state index contributed by atoms with van der Waals surface area (Å²) < 4.78 is 0. The van der Waals surface area contributed by atoms with Crippen molar-refractivity contribution < 1.29 is 0 Å². The molecule has 1 saturated carbocycles. The van der Waals surface area contributed by atoms with E-state index in [0.29, 0.717) is 5.41 Å². The fourth-order valence-electron chi connectivity index (χ4n) is 2.85. The van der Waals surface area contributed by atoms with Gasteiger partial charge in [-0.15, -0.1) is 0 Å². The molecule has 0 atom stereocenters. The molecule has 0 N–H and O–H groups in total. The first-order valence-electron chi connectivity index (χ1n) is 5.47. The van der Waals surface area contributed by atoms with Gasteiger partial charge in [0.25, 0.3) is 0 Å². The Morgan fingerprint density at radius 2 is 1.75 bits per heavy atom. The van der Waals surface area contributed by atoms with Crippen molar-refractivity contribution in [1.29, 1.82) is 0 Å². The molecule has 1 fully saturated rings. The zero-order valence-corrected chi connectivity index (χ0v) is 9.24. The van der Waals surface area contributed by atoms with Crippen molar-refractivity contribution in [2.45, 2.75) is 66.2 Å². The summed E-state index contributed by atoms with van der Waals surface area (Å²) in [6.45, 7) is 9.46. The van der Waals surface area contributed by atoms with Crippen molar-refractivity contribution in [1.82, 2.24) is 0 Å². The summed E-state index contributed by atoms with van der Waals surface area (Å²) in [5, 5.41) is 0. The largest absolute Gasteiger partial charge is 0.0654 e. The summed E-state index contributed by atoms with van der Waals surface area (Å²) in [6.07, 6.45) is 8.75. The highest BCUT2D eigenvalue weighted by molar-refractivity contribution is 4.90. The molecular weight excluding hydrogens is 144 g/mol. The molecule has 0 aromatic heterocycles. The minimum Gasteiger partial charge on any atom is -0.0654 e. The predicted octanol–water partition coefficient (Wildman–Crippen LogP) is 4.39. The smallest absolute Gasteiger partial charge is 0.0293 e. The number of hydrogen-bond donors (Lipinski definition) is 0. The maximum atomic E-state index is 2.38. The minimum atomic E-state index is 0.537. The first-order chi connectivity index (χ1) is 5.47. The van der Waals surface area contributed by atoms with Gasteiger partial charge >= 0.3 is 0 Å². The SMILES string of the molecule is CCCC1(CC(C)(C)C)CCC1. The second-order valence-electron chi connectivity index (χ2n) is 5.84. The van der Waals surface area contributed by atoms with Crippen molar-refractivity contribution in [3.8, 4) is 0 Å². The highest BCUT2D eigenvalue weighted by atomic mass is 14.4. The summed E-state index contributed by atoms with van der Waals surface area (Å²) >= 11 is 0. The van der Waals surface area contributed by atoms with Crippen LogP contribution in [0.5, 0.6) is 0 Å². The lowest BCUT2D eigenvalue weighted by molar-refractivity contribution is 0.0592. The van der Waals surface area contributed by atoms with Crippen LogP contribution in [0.4, 0.5) is 0 Å². The van der Waals surface area contributed by atoms with Gasteiger partial charge in [-0.2, -0.15) is 0 Å². The van der Waals surface area contributed by atoms with Crippen molar-refractivity contribution in [3.05, 3.63) is 0 Å². The van der Waals surface area contributed by atoms with Crippen LogP contribution in [0.3, 0.4) is 0 Å². The summed E-state index contributed by atoms with van der Waals surface area (Å²) in [5.74, 6) is 0. The van der Waals surface area contributed by atoms with Crippen molar-refractivity contribution >= 4 is 0 Å². The van der Waals surface area contributed by atoms with E-state index in [2.05, 4.69) is 27.7 Å². The van der Waals surface area contributed by atoms with Crippen LogP contribution < -0.4 is 0 Å². The lowest BCUT2D eigenvalue weighted by atomic mass is 9.60. The molecule has 1 aliphatic carbocycles. The fraction of sp³-hybridized carbons (Fsp3) is 1.00. The maximum Gasteiger partial charge on any atom is -0.0293 e. The molecule has 0 heterocycles. The van der Waals surface area contributed by atoms with Gasteiger partial charge in [-0.3, -0.25) is 0 Å². The Labute approximate surface area is 77.7 Å². The summed E-state index contributed by atoms with van der Waals surface area (Å²) in [5.41, 5.74) is 1.29. The zero-order chi connectivity index (χ0) is 9.24. The fourth-order valence-corrected chi connectivity index (χ4v) is 2.85. The van der Waals surface area contributed by atoms with Gasteiger partial charge in [-0.05, 0) is 36.5 Å². The monoisotopic (exact) mass is 168 g/mol. The number of rotatable bonds is 3. The van der Waals surface area contributed by atoms with Gasteiger partial charge in [0.1, 0.15) is 0 Å². The van der Waals surface area contributed by atoms with Gasteiger partial charge in [0, 0.05) is 0 Å². The van der Waals surface area contributed by atoms with E-state index in [1.54, 1.807) is 0 Å². The molecule has 0 saturated heterocycles. The van der Waals surface area contributed by atoms with Crippen LogP contribution in [-0.4, -0.2) is 0 Å². The lowest BCUT2D eigenvalue weighted by Crippen LogP contribution is -2.33. The highest BCUT2D eigenvalue weighted by Gasteiger charge is 2.38. The Bertz CT molecular complexity index is 135. The second kappa shape index (κ2) is 3.40. The molecule has 1 aliphatic rings. The van der Waals surface area contributed by atoms with E-state index in [0.717, 1.165) is 5.41 Å². The summed E-state index contributed by atoms with van der Waals surface area (Å²) in [4.78, 5) is 0. The van der Waals surface area contributed by atoms with E-state index < -0.39 is 0 Å². The van der Waals surface area contributed by atoms with Crippen molar-refractivity contribution in [2.75, 3.05) is 0 Å². The third kappa shape index (κ3) is 2.50. The first kappa shape index (κ1) is 10.1. The Kier molecular flexibility index (Phi) is 2.85. The third-order valence-electron chi connectivity index (χ3n) is 3.10. The molecule has 0 aliphatic heterocycles. The first-order valence-corrected chi connectivity index (χ1v) is 5.47. The normalized spacial score (nSPS) is 22.0. The molecule has 0 radical (unpaired) electrons. The molecule has 1 rings (SSSR count). The average molecular weight is 168 g/mol. The van der Waals surface area contributed by atoms with E-state index in [-0.39, 0.29) is 0 Å². The molecule has 0 nitrogen and oxygen atoms in total. The Balaban J connectivity index is 2.45. The minimum absolute atomic E-state index is 0.537. The van der Waals surface area contributed by atoms with E-state index >= 15 is 0 Å². The molecule has 72 valence electrons. The molecule has 0 heteroatoms. The maximum absolute atomic E-state index is 2.38. The zero-order valence-electron chi connectivity index (χ0n) is 9.24. The molecule has 12 heavy (non-hydrogen) atoms. The van der Waals surface area contributed by atoms with Crippen LogP contribution in [0.1, 0.15) is 66.2 Å². The third-order valence-corrected chi connectivity index (χ3v) is 3.10. The van der Waals surface area contributed by atoms with Gasteiger partial charge in [0.05, 0.1) is 0 Å². The summed E-state index contributed by atoms with van der Waals surface area (Å²) in [6, 6.07) is 0. The van der Waals surface area contributed by atoms with Crippen LogP contribution in [-0.2, 0) is 0 Å². The van der Waals surface area contributed by atoms with E-state index in [4.69, 9.17) is 0 Å². The molecule has 0 amide bonds. The Morgan fingerprint density at radius 3 is 2.00 bits per heavy atom. The standard InChI is InChI=1S/C12H24/c1-5-7-12(8-6-9-12)10-11(2,3)4/h5-10H2,1-4H3.